The second-order valence-corrected chi connectivity index (χ2v) is 8.80. The Labute approximate surface area is 229 Å². The van der Waals surface area contributed by atoms with E-state index in [0.29, 0.717) is 57.2 Å². The maximum atomic E-state index is 12.9. The van der Waals surface area contributed by atoms with Gasteiger partial charge in [-0.25, -0.2) is 0 Å². The number of thiocarbonyl (C=S) groups is 2. The number of nitrogens with zero attached hydrogens (tertiary/aromatic N) is 2. The molecule has 8 nitrogen and oxygen atoms in total. The smallest absolute Gasteiger partial charge is 0.159 e. The van der Waals surface area contributed by atoms with Crippen molar-refractivity contribution < 1.29 is 28.5 Å². The highest BCUT2D eigenvalue weighted by molar-refractivity contribution is 7.81. The summed E-state index contributed by atoms with van der Waals surface area (Å²) < 4.78 is 21.5. The first-order valence-electron chi connectivity index (χ1n) is 11.8. The van der Waals surface area contributed by atoms with Gasteiger partial charge in [0.2, 0.25) is 0 Å². The van der Waals surface area contributed by atoms with Gasteiger partial charge in [-0.2, -0.15) is 0 Å². The molecule has 0 unspecified atom stereocenters. The van der Waals surface area contributed by atoms with E-state index in [-0.39, 0.29) is 31.1 Å². The molecule has 2 aromatic rings. The number of carbonyl (C=O) groups is 2. The van der Waals surface area contributed by atoms with Gasteiger partial charge in [-0.05, 0) is 50.2 Å². The van der Waals surface area contributed by atoms with Gasteiger partial charge < -0.3 is 28.7 Å². The Hall–Kier alpha value is -3.24. The predicted octanol–water partition coefficient (Wildman–Crippen LogP) is 3.94. The molecule has 0 N–H and O–H groups in total. The maximum Gasteiger partial charge on any atom is 0.159 e. The van der Waals surface area contributed by atoms with E-state index in [9.17, 15) is 9.59 Å². The minimum absolute atomic E-state index is 0.00170. The predicted molar refractivity (Wildman–Crippen MR) is 152 cm³/mol. The molecule has 2 aromatic carbocycles. The fourth-order valence-electron chi connectivity index (χ4n) is 3.71. The number of Topliss-reactive ketones (excluding diaryl/α,β-unsaturated/α-hetero) is 2. The van der Waals surface area contributed by atoms with Crippen LogP contribution in [0.3, 0.4) is 0 Å². The van der Waals surface area contributed by atoms with Gasteiger partial charge in [0.05, 0.1) is 59.1 Å². The first kappa shape index (κ1) is 30.0. The average Bonchev–Trinajstić information content (AvgIpc) is 2.92. The fourth-order valence-corrected chi connectivity index (χ4v) is 4.42. The van der Waals surface area contributed by atoms with Crippen molar-refractivity contribution >= 4 is 46.0 Å². The molecule has 0 aliphatic rings. The summed E-state index contributed by atoms with van der Waals surface area (Å²) in [6.07, 6.45) is -0.233. The molecule has 0 spiro atoms. The summed E-state index contributed by atoms with van der Waals surface area (Å²) >= 11 is 11.3. The molecule has 0 atom stereocenters. The second-order valence-electron chi connectivity index (χ2n) is 8.03. The number of ketones is 2. The zero-order valence-electron chi connectivity index (χ0n) is 22.2. The van der Waals surface area contributed by atoms with Gasteiger partial charge in [-0.1, -0.05) is 24.4 Å². The van der Waals surface area contributed by atoms with Crippen molar-refractivity contribution in [2.75, 3.05) is 54.6 Å². The van der Waals surface area contributed by atoms with Gasteiger partial charge in [-0.15, -0.1) is 0 Å². The lowest BCUT2D eigenvalue weighted by atomic mass is 10.1. The van der Waals surface area contributed by atoms with Crippen LogP contribution >= 0.6 is 24.4 Å². The Kier molecular flexibility index (Phi) is 11.7. The number of methoxy groups -OCH3 is 4. The molecule has 0 radical (unpaired) electrons. The van der Waals surface area contributed by atoms with Crippen LogP contribution in [0.4, 0.5) is 0 Å². The molecule has 0 aliphatic heterocycles. The number of benzene rings is 2. The first-order valence-corrected chi connectivity index (χ1v) is 12.6. The summed E-state index contributed by atoms with van der Waals surface area (Å²) in [6, 6.07) is 10.6. The zero-order valence-corrected chi connectivity index (χ0v) is 23.8. The van der Waals surface area contributed by atoms with Crippen molar-refractivity contribution in [2.45, 2.75) is 20.3 Å². The van der Waals surface area contributed by atoms with Crippen molar-refractivity contribution in [1.82, 2.24) is 9.80 Å². The summed E-state index contributed by atoms with van der Waals surface area (Å²) in [7, 11) is 6.24. The monoisotopic (exact) mass is 546 g/mol. The highest BCUT2D eigenvalue weighted by Crippen LogP contribution is 2.27. The highest BCUT2D eigenvalue weighted by atomic mass is 32.1. The molecule has 2 rings (SSSR count). The molecule has 0 saturated carbocycles. The summed E-state index contributed by atoms with van der Waals surface area (Å²) in [5.74, 6) is 1.92. The van der Waals surface area contributed by atoms with Crippen molar-refractivity contribution in [3.63, 3.8) is 0 Å². The van der Waals surface area contributed by atoms with Crippen LogP contribution in [0, 0.1) is 0 Å². The van der Waals surface area contributed by atoms with Crippen molar-refractivity contribution in [2.24, 2.45) is 0 Å². The largest absolute Gasteiger partial charge is 0.497 e. The van der Waals surface area contributed by atoms with E-state index >= 15 is 0 Å². The SMILES string of the molecule is CCN(CC(=O)CC(=O)CN(CC)C(=S)c1cc(OC)ccc1OC)C(=S)c1cc(OC)ccc1OC. The van der Waals surface area contributed by atoms with Gasteiger partial charge in [-0.3, -0.25) is 9.59 Å². The van der Waals surface area contributed by atoms with Crippen LogP contribution in [-0.4, -0.2) is 86.0 Å². The molecule has 0 amide bonds. The van der Waals surface area contributed by atoms with Crippen LogP contribution in [0.5, 0.6) is 23.0 Å². The summed E-state index contributed by atoms with van der Waals surface area (Å²) in [6.45, 7) is 4.77. The number of rotatable bonds is 14. The topological polar surface area (TPSA) is 77.5 Å². The minimum Gasteiger partial charge on any atom is -0.497 e. The molecule has 0 bridgehead atoms. The normalized spacial score (nSPS) is 10.3. The van der Waals surface area contributed by atoms with Gasteiger partial charge >= 0.3 is 0 Å². The Morgan fingerprint density at radius 2 is 1.05 bits per heavy atom. The highest BCUT2D eigenvalue weighted by Gasteiger charge is 2.22. The van der Waals surface area contributed by atoms with E-state index in [4.69, 9.17) is 43.4 Å². The van der Waals surface area contributed by atoms with Crippen LogP contribution in [-0.2, 0) is 9.59 Å². The minimum atomic E-state index is -0.239. The summed E-state index contributed by atoms with van der Waals surface area (Å²) in [5.41, 5.74) is 1.29. The first-order chi connectivity index (χ1) is 17.7. The lowest BCUT2D eigenvalue weighted by Crippen LogP contribution is -2.38. The molecule has 37 heavy (non-hydrogen) atoms. The number of ether oxygens (including phenoxy) is 4. The fraction of sp³-hybridized carbons (Fsp3) is 0.407. The number of hydrogen-bond acceptors (Lipinski definition) is 8. The van der Waals surface area contributed by atoms with E-state index in [1.54, 1.807) is 74.6 Å². The lowest BCUT2D eigenvalue weighted by molar-refractivity contribution is -0.127. The van der Waals surface area contributed by atoms with Crippen molar-refractivity contribution in [3.05, 3.63) is 47.5 Å². The van der Waals surface area contributed by atoms with Crippen LogP contribution in [0.2, 0.25) is 0 Å². The molecule has 200 valence electrons. The molecule has 10 heteroatoms. The zero-order chi connectivity index (χ0) is 27.5. The third-order valence-electron chi connectivity index (χ3n) is 5.74. The molecular weight excluding hydrogens is 512 g/mol. The average molecular weight is 547 g/mol. The molecular formula is C27H34N2O6S2. The number of likely N-dealkylation sites (N-methyl/N-ethyl adjacent to an activating group) is 2. The second kappa shape index (κ2) is 14.5. The van der Waals surface area contributed by atoms with E-state index in [1.165, 1.54) is 0 Å². The van der Waals surface area contributed by atoms with Crippen LogP contribution in [0.1, 0.15) is 31.4 Å². The van der Waals surface area contributed by atoms with Crippen LogP contribution in [0.15, 0.2) is 36.4 Å². The molecule has 0 aliphatic carbocycles. The number of hydrogen-bond donors (Lipinski definition) is 0. The molecule has 0 aromatic heterocycles. The Balaban J connectivity index is 2.09. The van der Waals surface area contributed by atoms with Gasteiger partial charge in [0.15, 0.2) is 11.6 Å². The maximum absolute atomic E-state index is 12.9. The number of carbonyl (C=O) groups excluding carboxylic acids is 2. The van der Waals surface area contributed by atoms with E-state index in [0.717, 1.165) is 0 Å². The van der Waals surface area contributed by atoms with E-state index in [1.807, 2.05) is 13.8 Å². The Morgan fingerprint density at radius 3 is 1.35 bits per heavy atom. The van der Waals surface area contributed by atoms with Gasteiger partial charge in [0.1, 0.15) is 33.0 Å². The van der Waals surface area contributed by atoms with E-state index < -0.39 is 0 Å². The third kappa shape index (κ3) is 7.87. The van der Waals surface area contributed by atoms with Crippen molar-refractivity contribution in [3.8, 4) is 23.0 Å². The van der Waals surface area contributed by atoms with Crippen LogP contribution < -0.4 is 18.9 Å². The van der Waals surface area contributed by atoms with E-state index in [2.05, 4.69) is 0 Å². The Bertz CT molecular complexity index is 1050. The summed E-state index contributed by atoms with van der Waals surface area (Å²) in [5, 5.41) is 0. The quantitative estimate of drug-likeness (QED) is 0.257. The summed E-state index contributed by atoms with van der Waals surface area (Å²) in [4.78, 5) is 30.1. The molecule has 0 heterocycles. The molecule has 0 saturated heterocycles. The molecule has 0 fully saturated rings. The van der Waals surface area contributed by atoms with Gasteiger partial charge in [0.25, 0.3) is 0 Å². The standard InChI is InChI=1S/C27H34N2O6S2/c1-7-28(26(36)22-14-20(32-3)9-11-24(22)34-5)16-18(30)13-19(31)17-29(8-2)27(37)23-15-21(33-4)10-12-25(23)35-6/h9-12,14-15H,7-8,13,16-17H2,1-6H3. The lowest BCUT2D eigenvalue weighted by Gasteiger charge is -2.26. The third-order valence-corrected chi connectivity index (χ3v) is 6.70. The van der Waals surface area contributed by atoms with Crippen molar-refractivity contribution in [1.29, 1.82) is 0 Å². The van der Waals surface area contributed by atoms with Crippen LogP contribution in [0.25, 0.3) is 0 Å². The van der Waals surface area contributed by atoms with Gasteiger partial charge in [0, 0.05) is 13.1 Å². The Morgan fingerprint density at radius 1 is 0.676 bits per heavy atom.